The van der Waals surface area contributed by atoms with E-state index in [1.54, 1.807) is 6.07 Å². The number of benzene rings is 2. The summed E-state index contributed by atoms with van der Waals surface area (Å²) in [6, 6.07) is 11.6. The van der Waals surface area contributed by atoms with Gasteiger partial charge in [-0.2, -0.15) is 0 Å². The SMILES string of the molecule is Cc1cc(-c2ccc(CO)cc2)c(C)cc1O. The van der Waals surface area contributed by atoms with Gasteiger partial charge in [-0.25, -0.2) is 0 Å². The molecule has 2 heteroatoms. The lowest BCUT2D eigenvalue weighted by molar-refractivity contribution is 0.282. The summed E-state index contributed by atoms with van der Waals surface area (Å²) >= 11 is 0. The van der Waals surface area contributed by atoms with Crippen molar-refractivity contribution in [2.45, 2.75) is 20.5 Å². The van der Waals surface area contributed by atoms with Gasteiger partial charge in [0.05, 0.1) is 6.61 Å². The fourth-order valence-corrected chi connectivity index (χ4v) is 1.90. The van der Waals surface area contributed by atoms with Gasteiger partial charge >= 0.3 is 0 Å². The normalized spacial score (nSPS) is 10.5. The Morgan fingerprint density at radius 2 is 1.59 bits per heavy atom. The summed E-state index contributed by atoms with van der Waals surface area (Å²) in [5.41, 5.74) is 5.04. The Bertz CT molecular complexity index is 527. The molecular formula is C15H16O2. The van der Waals surface area contributed by atoms with Crippen molar-refractivity contribution in [2.75, 3.05) is 0 Å². The molecule has 2 rings (SSSR count). The van der Waals surface area contributed by atoms with Crippen LogP contribution in [-0.2, 0) is 6.61 Å². The number of aromatic hydroxyl groups is 1. The van der Waals surface area contributed by atoms with Crippen LogP contribution in [0.3, 0.4) is 0 Å². The van der Waals surface area contributed by atoms with Crippen molar-refractivity contribution >= 4 is 0 Å². The van der Waals surface area contributed by atoms with Gasteiger partial charge in [0, 0.05) is 0 Å². The van der Waals surface area contributed by atoms with Crippen LogP contribution in [0.5, 0.6) is 5.75 Å². The first-order chi connectivity index (χ1) is 8.11. The van der Waals surface area contributed by atoms with Crippen molar-refractivity contribution in [2.24, 2.45) is 0 Å². The minimum Gasteiger partial charge on any atom is -0.508 e. The summed E-state index contributed by atoms with van der Waals surface area (Å²) in [6.07, 6.45) is 0. The Morgan fingerprint density at radius 1 is 0.941 bits per heavy atom. The van der Waals surface area contributed by atoms with E-state index in [4.69, 9.17) is 5.11 Å². The van der Waals surface area contributed by atoms with Crippen LogP contribution in [0.15, 0.2) is 36.4 Å². The van der Waals surface area contributed by atoms with Crippen molar-refractivity contribution in [1.82, 2.24) is 0 Å². The summed E-state index contributed by atoms with van der Waals surface area (Å²) in [5.74, 6) is 0.332. The van der Waals surface area contributed by atoms with E-state index < -0.39 is 0 Å². The van der Waals surface area contributed by atoms with E-state index in [9.17, 15) is 5.11 Å². The largest absolute Gasteiger partial charge is 0.508 e. The molecule has 0 fully saturated rings. The third-order valence-electron chi connectivity index (χ3n) is 2.99. The molecule has 17 heavy (non-hydrogen) atoms. The molecule has 0 atom stereocenters. The van der Waals surface area contributed by atoms with Crippen LogP contribution in [0.1, 0.15) is 16.7 Å². The molecule has 0 aliphatic rings. The zero-order valence-corrected chi connectivity index (χ0v) is 10.1. The maximum atomic E-state index is 9.62. The highest BCUT2D eigenvalue weighted by Gasteiger charge is 2.05. The molecule has 0 spiro atoms. The molecule has 0 aromatic heterocycles. The van der Waals surface area contributed by atoms with Crippen LogP contribution in [0.4, 0.5) is 0 Å². The first-order valence-electron chi connectivity index (χ1n) is 5.62. The van der Waals surface area contributed by atoms with Crippen molar-refractivity contribution in [1.29, 1.82) is 0 Å². The molecule has 0 aliphatic heterocycles. The molecule has 2 aromatic rings. The number of hydrogen-bond acceptors (Lipinski definition) is 2. The van der Waals surface area contributed by atoms with Gasteiger partial charge in [-0.15, -0.1) is 0 Å². The molecule has 0 aliphatic carbocycles. The average molecular weight is 228 g/mol. The van der Waals surface area contributed by atoms with Crippen LogP contribution < -0.4 is 0 Å². The minimum absolute atomic E-state index is 0.0634. The van der Waals surface area contributed by atoms with E-state index in [2.05, 4.69) is 0 Å². The lowest BCUT2D eigenvalue weighted by Gasteiger charge is -2.09. The van der Waals surface area contributed by atoms with Crippen molar-refractivity contribution < 1.29 is 10.2 Å². The second kappa shape index (κ2) is 4.60. The summed E-state index contributed by atoms with van der Waals surface area (Å²) in [6.45, 7) is 3.93. The smallest absolute Gasteiger partial charge is 0.118 e. The average Bonchev–Trinajstić information content (AvgIpc) is 2.34. The van der Waals surface area contributed by atoms with E-state index in [0.717, 1.165) is 27.8 Å². The predicted molar refractivity (Wildman–Crippen MR) is 68.9 cm³/mol. The number of rotatable bonds is 2. The topological polar surface area (TPSA) is 40.5 Å². The summed E-state index contributed by atoms with van der Waals surface area (Å²) < 4.78 is 0. The van der Waals surface area contributed by atoms with Gasteiger partial charge in [-0.05, 0) is 53.8 Å². The lowest BCUT2D eigenvalue weighted by atomic mass is 9.97. The standard InChI is InChI=1S/C15H16O2/c1-10-8-15(17)11(2)7-14(10)13-5-3-12(9-16)4-6-13/h3-8,16-17H,9H2,1-2H3. The van der Waals surface area contributed by atoms with Gasteiger partial charge < -0.3 is 10.2 Å². The van der Waals surface area contributed by atoms with Crippen LogP contribution in [0.25, 0.3) is 11.1 Å². The number of phenolic OH excluding ortho intramolecular Hbond substituents is 1. The first-order valence-corrected chi connectivity index (χ1v) is 5.62. The van der Waals surface area contributed by atoms with Gasteiger partial charge in [0.15, 0.2) is 0 Å². The number of aliphatic hydroxyl groups excluding tert-OH is 1. The molecule has 0 heterocycles. The van der Waals surface area contributed by atoms with E-state index >= 15 is 0 Å². The van der Waals surface area contributed by atoms with E-state index in [1.165, 1.54) is 0 Å². The molecule has 0 bridgehead atoms. The van der Waals surface area contributed by atoms with Crippen LogP contribution >= 0.6 is 0 Å². The van der Waals surface area contributed by atoms with Crippen LogP contribution in [0, 0.1) is 13.8 Å². The highest BCUT2D eigenvalue weighted by Crippen LogP contribution is 2.29. The summed E-state index contributed by atoms with van der Waals surface area (Å²) in [7, 11) is 0. The van der Waals surface area contributed by atoms with E-state index in [1.807, 2.05) is 44.2 Å². The molecule has 0 radical (unpaired) electrons. The summed E-state index contributed by atoms with van der Waals surface area (Å²) in [5, 5.41) is 18.6. The van der Waals surface area contributed by atoms with Gasteiger partial charge in [-0.1, -0.05) is 24.3 Å². The van der Waals surface area contributed by atoms with Crippen molar-refractivity contribution in [3.8, 4) is 16.9 Å². The number of aliphatic hydroxyl groups is 1. The van der Waals surface area contributed by atoms with E-state index in [0.29, 0.717) is 5.75 Å². The molecule has 0 amide bonds. The zero-order valence-electron chi connectivity index (χ0n) is 10.1. The molecule has 2 aromatic carbocycles. The van der Waals surface area contributed by atoms with Gasteiger partial charge in [0.25, 0.3) is 0 Å². The van der Waals surface area contributed by atoms with Gasteiger partial charge in [0.2, 0.25) is 0 Å². The molecule has 0 saturated carbocycles. The third kappa shape index (κ3) is 2.32. The second-order valence-electron chi connectivity index (χ2n) is 4.31. The zero-order chi connectivity index (χ0) is 12.4. The highest BCUT2D eigenvalue weighted by molar-refractivity contribution is 5.69. The number of phenols is 1. The Hall–Kier alpha value is -1.80. The third-order valence-corrected chi connectivity index (χ3v) is 2.99. The molecule has 2 N–H and O–H groups in total. The lowest BCUT2D eigenvalue weighted by Crippen LogP contribution is -1.87. The fourth-order valence-electron chi connectivity index (χ4n) is 1.90. The fraction of sp³-hybridized carbons (Fsp3) is 0.200. The maximum Gasteiger partial charge on any atom is 0.118 e. The van der Waals surface area contributed by atoms with Gasteiger partial charge in [0.1, 0.15) is 5.75 Å². The number of aryl methyl sites for hydroxylation is 2. The molecule has 2 nitrogen and oxygen atoms in total. The number of hydrogen-bond donors (Lipinski definition) is 2. The maximum absolute atomic E-state index is 9.62. The Balaban J connectivity index is 2.48. The molecular weight excluding hydrogens is 212 g/mol. The van der Waals surface area contributed by atoms with Crippen LogP contribution in [0.2, 0.25) is 0 Å². The van der Waals surface area contributed by atoms with Crippen LogP contribution in [-0.4, -0.2) is 10.2 Å². The van der Waals surface area contributed by atoms with E-state index in [-0.39, 0.29) is 6.61 Å². The Labute approximate surface area is 101 Å². The molecule has 0 saturated heterocycles. The molecule has 88 valence electrons. The predicted octanol–water partition coefficient (Wildman–Crippen LogP) is 3.17. The highest BCUT2D eigenvalue weighted by atomic mass is 16.3. The monoisotopic (exact) mass is 228 g/mol. The quantitative estimate of drug-likeness (QED) is 0.828. The van der Waals surface area contributed by atoms with Crippen molar-refractivity contribution in [3.05, 3.63) is 53.1 Å². The van der Waals surface area contributed by atoms with Gasteiger partial charge in [-0.3, -0.25) is 0 Å². The minimum atomic E-state index is 0.0634. The second-order valence-corrected chi connectivity index (χ2v) is 4.31. The Kier molecular flexibility index (Phi) is 3.16. The summed E-state index contributed by atoms with van der Waals surface area (Å²) in [4.78, 5) is 0. The Morgan fingerprint density at radius 3 is 2.18 bits per heavy atom. The molecule has 0 unspecified atom stereocenters. The first kappa shape index (κ1) is 11.7. The van der Waals surface area contributed by atoms with Crippen molar-refractivity contribution in [3.63, 3.8) is 0 Å².